The zero-order valence-electron chi connectivity index (χ0n) is 8.18. The van der Waals surface area contributed by atoms with Crippen molar-refractivity contribution in [1.29, 1.82) is 0 Å². The third-order valence-electron chi connectivity index (χ3n) is 2.68. The normalized spacial score (nSPS) is 29.4. The van der Waals surface area contributed by atoms with Gasteiger partial charge in [-0.05, 0) is 0 Å². The molecule has 1 atom stereocenters. The highest BCUT2D eigenvalue weighted by Gasteiger charge is 2.26. The van der Waals surface area contributed by atoms with Crippen LogP contribution in [0.25, 0.3) is 0 Å². The lowest BCUT2D eigenvalue weighted by Gasteiger charge is -2.38. The molecule has 2 aliphatic rings. The van der Waals surface area contributed by atoms with Crippen LogP contribution in [0.4, 0.5) is 0 Å². The van der Waals surface area contributed by atoms with Crippen LogP contribution in [0.1, 0.15) is 0 Å². The van der Waals surface area contributed by atoms with Gasteiger partial charge in [-0.3, -0.25) is 10.2 Å². The third-order valence-corrected chi connectivity index (χ3v) is 2.68. The van der Waals surface area contributed by atoms with Gasteiger partial charge in [-0.2, -0.15) is 0 Å². The Morgan fingerprint density at radius 3 is 2.71 bits per heavy atom. The van der Waals surface area contributed by atoms with Crippen LogP contribution in [-0.2, 0) is 4.79 Å². The van der Waals surface area contributed by atoms with E-state index in [1.54, 1.807) is 0 Å². The van der Waals surface area contributed by atoms with Crippen molar-refractivity contribution in [3.63, 3.8) is 0 Å². The maximum atomic E-state index is 10.7. The minimum absolute atomic E-state index is 0.0448. The summed E-state index contributed by atoms with van der Waals surface area (Å²) in [5.74, 6) is 1.98. The summed E-state index contributed by atoms with van der Waals surface area (Å²) in [6, 6.07) is 0. The lowest BCUT2D eigenvalue weighted by molar-refractivity contribution is 0.156. The molecule has 0 spiro atoms. The summed E-state index contributed by atoms with van der Waals surface area (Å²) in [5.41, 5.74) is 0.651. The van der Waals surface area contributed by atoms with Crippen molar-refractivity contribution in [2.75, 3.05) is 39.3 Å². The van der Waals surface area contributed by atoms with E-state index in [-0.39, 0.29) is 6.17 Å². The Bertz CT molecular complexity index is 243. The van der Waals surface area contributed by atoms with Gasteiger partial charge in [0.1, 0.15) is 17.8 Å². The fourth-order valence-electron chi connectivity index (χ4n) is 1.95. The smallest absolute Gasteiger partial charge is 0.148 e. The van der Waals surface area contributed by atoms with E-state index in [0.717, 1.165) is 39.3 Å². The molecule has 0 aromatic rings. The topological polar surface area (TPSA) is 56.4 Å². The number of rotatable bonds is 1. The van der Waals surface area contributed by atoms with E-state index in [9.17, 15) is 4.79 Å². The Balaban J connectivity index is 2.02. The van der Waals surface area contributed by atoms with Gasteiger partial charge in [-0.1, -0.05) is 0 Å². The molecule has 78 valence electrons. The first-order chi connectivity index (χ1) is 6.92. The minimum atomic E-state index is 0.0448. The van der Waals surface area contributed by atoms with Crippen molar-refractivity contribution in [2.24, 2.45) is 0 Å². The molecule has 1 unspecified atom stereocenters. The fraction of sp³-hybridized carbons (Fsp3) is 0.778. The molecule has 2 rings (SSSR count). The number of hydrogen-bond donors (Lipinski definition) is 3. The Morgan fingerprint density at radius 1 is 1.21 bits per heavy atom. The molecule has 5 heteroatoms. The van der Waals surface area contributed by atoms with Crippen LogP contribution in [0.15, 0.2) is 5.70 Å². The SMILES string of the molecule is O=C=C1NCCNC1N1CCNCC1. The van der Waals surface area contributed by atoms with Crippen LogP contribution in [0.3, 0.4) is 0 Å². The zero-order chi connectivity index (χ0) is 9.80. The molecule has 0 aromatic carbocycles. The number of piperazine rings is 2. The van der Waals surface area contributed by atoms with Gasteiger partial charge in [0.2, 0.25) is 0 Å². The van der Waals surface area contributed by atoms with E-state index in [2.05, 4.69) is 20.9 Å². The molecule has 5 nitrogen and oxygen atoms in total. The molecule has 3 N–H and O–H groups in total. The van der Waals surface area contributed by atoms with Gasteiger partial charge in [0, 0.05) is 39.3 Å². The van der Waals surface area contributed by atoms with Gasteiger partial charge >= 0.3 is 0 Å². The van der Waals surface area contributed by atoms with Crippen LogP contribution in [0.5, 0.6) is 0 Å². The molecule has 0 aliphatic carbocycles. The summed E-state index contributed by atoms with van der Waals surface area (Å²) in [6.45, 7) is 5.65. The fourth-order valence-corrected chi connectivity index (χ4v) is 1.95. The van der Waals surface area contributed by atoms with Crippen LogP contribution in [-0.4, -0.2) is 56.3 Å². The molecular weight excluding hydrogens is 180 g/mol. The largest absolute Gasteiger partial charge is 0.376 e. The van der Waals surface area contributed by atoms with Crippen molar-refractivity contribution in [1.82, 2.24) is 20.9 Å². The van der Waals surface area contributed by atoms with E-state index in [1.807, 2.05) is 5.94 Å². The van der Waals surface area contributed by atoms with Crippen LogP contribution < -0.4 is 16.0 Å². The predicted molar refractivity (Wildman–Crippen MR) is 53.4 cm³/mol. The summed E-state index contributed by atoms with van der Waals surface area (Å²) < 4.78 is 0. The summed E-state index contributed by atoms with van der Waals surface area (Å²) in [5, 5.41) is 9.70. The van der Waals surface area contributed by atoms with E-state index < -0.39 is 0 Å². The van der Waals surface area contributed by atoms with Gasteiger partial charge < -0.3 is 10.6 Å². The second-order valence-electron chi connectivity index (χ2n) is 3.59. The van der Waals surface area contributed by atoms with Crippen molar-refractivity contribution in [3.05, 3.63) is 5.70 Å². The average molecular weight is 196 g/mol. The molecule has 0 radical (unpaired) electrons. The average Bonchev–Trinajstić information content (AvgIpc) is 2.30. The lowest BCUT2D eigenvalue weighted by atomic mass is 10.2. The molecule has 0 bridgehead atoms. The second kappa shape index (κ2) is 4.57. The Hall–Kier alpha value is -0.870. The molecule has 2 fully saturated rings. The van der Waals surface area contributed by atoms with Gasteiger partial charge in [0.05, 0.1) is 0 Å². The summed E-state index contributed by atoms with van der Waals surface area (Å²) in [7, 11) is 0. The number of nitrogens with one attached hydrogen (secondary N) is 3. The molecular formula is C9H16N4O. The molecule has 2 aliphatic heterocycles. The standard InChI is InChI=1S/C9H16N4O/c14-7-8-9(12-2-1-11-8)13-5-3-10-4-6-13/h9-12H,1-6H2. The van der Waals surface area contributed by atoms with Gasteiger partial charge in [0.15, 0.2) is 0 Å². The van der Waals surface area contributed by atoms with Crippen molar-refractivity contribution >= 4 is 5.94 Å². The summed E-state index contributed by atoms with van der Waals surface area (Å²) >= 11 is 0. The molecule has 14 heavy (non-hydrogen) atoms. The van der Waals surface area contributed by atoms with E-state index in [0.29, 0.717) is 5.70 Å². The van der Waals surface area contributed by atoms with Gasteiger partial charge in [-0.25, -0.2) is 4.79 Å². The maximum absolute atomic E-state index is 10.7. The number of nitrogens with zero attached hydrogens (tertiary/aromatic N) is 1. The molecule has 2 heterocycles. The maximum Gasteiger partial charge on any atom is 0.148 e. The zero-order valence-corrected chi connectivity index (χ0v) is 8.18. The highest BCUT2D eigenvalue weighted by molar-refractivity contribution is 5.53. The first-order valence-corrected chi connectivity index (χ1v) is 5.09. The van der Waals surface area contributed by atoms with Crippen molar-refractivity contribution in [2.45, 2.75) is 6.17 Å². The van der Waals surface area contributed by atoms with E-state index in [1.165, 1.54) is 0 Å². The third kappa shape index (κ3) is 1.96. The van der Waals surface area contributed by atoms with Crippen LogP contribution in [0, 0.1) is 0 Å². The molecule has 0 amide bonds. The quantitative estimate of drug-likeness (QED) is 0.429. The van der Waals surface area contributed by atoms with E-state index in [4.69, 9.17) is 0 Å². The molecule has 0 aromatic heterocycles. The predicted octanol–water partition coefficient (Wildman–Crippen LogP) is -1.87. The first kappa shape index (κ1) is 9.68. The first-order valence-electron chi connectivity index (χ1n) is 5.09. The lowest BCUT2D eigenvalue weighted by Crippen LogP contribution is -2.59. The highest BCUT2D eigenvalue weighted by atomic mass is 16.1. The molecule has 0 saturated carbocycles. The Kier molecular flexibility index (Phi) is 3.16. The number of hydrogen-bond acceptors (Lipinski definition) is 5. The second-order valence-corrected chi connectivity index (χ2v) is 3.59. The minimum Gasteiger partial charge on any atom is -0.376 e. The van der Waals surface area contributed by atoms with Crippen molar-refractivity contribution in [3.8, 4) is 0 Å². The highest BCUT2D eigenvalue weighted by Crippen LogP contribution is 2.06. The van der Waals surface area contributed by atoms with Crippen molar-refractivity contribution < 1.29 is 4.79 Å². The Morgan fingerprint density at radius 2 is 2.00 bits per heavy atom. The van der Waals surface area contributed by atoms with Crippen LogP contribution in [0.2, 0.25) is 0 Å². The molecule has 2 saturated heterocycles. The Labute approximate surface area is 83.5 Å². The number of carbonyl (C=O) groups excluding carboxylic acids is 1. The van der Waals surface area contributed by atoms with Crippen LogP contribution >= 0.6 is 0 Å². The van der Waals surface area contributed by atoms with Gasteiger partial charge in [-0.15, -0.1) is 0 Å². The summed E-state index contributed by atoms with van der Waals surface area (Å²) in [4.78, 5) is 13.0. The monoisotopic (exact) mass is 196 g/mol. The van der Waals surface area contributed by atoms with E-state index >= 15 is 0 Å². The van der Waals surface area contributed by atoms with Gasteiger partial charge in [0.25, 0.3) is 0 Å². The summed E-state index contributed by atoms with van der Waals surface area (Å²) in [6.07, 6.45) is 0.0448.